The van der Waals surface area contributed by atoms with Crippen LogP contribution in [0.2, 0.25) is 0 Å². The lowest BCUT2D eigenvalue weighted by Crippen LogP contribution is -2.42. The van der Waals surface area contributed by atoms with Crippen LogP contribution in [-0.2, 0) is 19.1 Å². The summed E-state index contributed by atoms with van der Waals surface area (Å²) in [6.07, 6.45) is 1.67. The predicted octanol–water partition coefficient (Wildman–Crippen LogP) is 3.30. The molecule has 3 N–H and O–H groups in total. The molecule has 2 fully saturated rings. The summed E-state index contributed by atoms with van der Waals surface area (Å²) in [7, 11) is 0. The molecular formula is C27H30N2O6. The molecule has 184 valence electrons. The molecule has 1 saturated carbocycles. The van der Waals surface area contributed by atoms with Crippen LogP contribution in [0.4, 0.5) is 4.79 Å². The Kier molecular flexibility index (Phi) is 6.72. The number of carboxylic acids is 1. The van der Waals surface area contributed by atoms with Gasteiger partial charge in [0, 0.05) is 24.9 Å². The zero-order chi connectivity index (χ0) is 24.4. The summed E-state index contributed by atoms with van der Waals surface area (Å²) in [6.45, 7) is 0.669. The second kappa shape index (κ2) is 10.1. The second-order valence-corrected chi connectivity index (χ2v) is 9.65. The molecule has 1 aliphatic heterocycles. The molecule has 8 heteroatoms. The second-order valence-electron chi connectivity index (χ2n) is 9.65. The number of amides is 2. The van der Waals surface area contributed by atoms with Crippen LogP contribution in [0, 0.1) is 11.8 Å². The third kappa shape index (κ3) is 5.32. The minimum absolute atomic E-state index is 0.0168. The van der Waals surface area contributed by atoms with Gasteiger partial charge >= 0.3 is 12.1 Å². The van der Waals surface area contributed by atoms with Crippen LogP contribution >= 0.6 is 0 Å². The molecule has 5 rings (SSSR count). The fraction of sp³-hybridized carbons (Fsp3) is 0.444. The van der Waals surface area contributed by atoms with Crippen molar-refractivity contribution in [1.82, 2.24) is 10.6 Å². The van der Waals surface area contributed by atoms with Gasteiger partial charge in [-0.2, -0.15) is 0 Å². The van der Waals surface area contributed by atoms with Crippen LogP contribution in [0.15, 0.2) is 48.5 Å². The Morgan fingerprint density at radius 2 is 1.69 bits per heavy atom. The van der Waals surface area contributed by atoms with Crippen molar-refractivity contribution in [3.63, 3.8) is 0 Å². The Bertz CT molecular complexity index is 1070. The van der Waals surface area contributed by atoms with E-state index in [1.54, 1.807) is 0 Å². The molecule has 0 aromatic heterocycles. The van der Waals surface area contributed by atoms with E-state index in [2.05, 4.69) is 34.9 Å². The third-order valence-corrected chi connectivity index (χ3v) is 7.20. The monoisotopic (exact) mass is 478 g/mol. The number of benzene rings is 2. The number of rotatable bonds is 9. The van der Waals surface area contributed by atoms with E-state index < -0.39 is 18.0 Å². The van der Waals surface area contributed by atoms with Crippen molar-refractivity contribution < 1.29 is 29.0 Å². The molecule has 8 nitrogen and oxygen atoms in total. The maximum Gasteiger partial charge on any atom is 0.407 e. The highest BCUT2D eigenvalue weighted by Gasteiger charge is 2.36. The lowest BCUT2D eigenvalue weighted by molar-refractivity contribution is -0.141. The minimum Gasteiger partial charge on any atom is -0.481 e. The van der Waals surface area contributed by atoms with Crippen molar-refractivity contribution in [3.05, 3.63) is 59.7 Å². The van der Waals surface area contributed by atoms with E-state index >= 15 is 0 Å². The topological polar surface area (TPSA) is 114 Å². The van der Waals surface area contributed by atoms with Gasteiger partial charge in [0.15, 0.2) is 0 Å². The standard InChI is InChI=1S/C27H30N2O6/c30-25(28-13-18-11-17(14-34-18)26(31)32)12-24(16-9-10-16)29-27(33)35-15-23-21-7-3-1-5-19(21)20-6-2-4-8-22(20)23/h1-8,16-18,23-24H,9-15H2,(H,28,30)(H,29,33)(H,31,32)/t17-,18-,24?/m1/s1. The Balaban J connectivity index is 1.12. The third-order valence-electron chi connectivity index (χ3n) is 7.20. The van der Waals surface area contributed by atoms with Crippen molar-refractivity contribution in [3.8, 4) is 11.1 Å². The van der Waals surface area contributed by atoms with E-state index in [9.17, 15) is 14.4 Å². The lowest BCUT2D eigenvalue weighted by Gasteiger charge is -2.20. The molecule has 0 radical (unpaired) electrons. The van der Waals surface area contributed by atoms with Gasteiger partial charge in [-0.3, -0.25) is 9.59 Å². The van der Waals surface area contributed by atoms with Crippen LogP contribution in [0.25, 0.3) is 11.1 Å². The van der Waals surface area contributed by atoms with Gasteiger partial charge in [-0.1, -0.05) is 48.5 Å². The summed E-state index contributed by atoms with van der Waals surface area (Å²) in [6, 6.07) is 16.1. The van der Waals surface area contributed by atoms with Crippen molar-refractivity contribution in [1.29, 1.82) is 0 Å². The highest BCUT2D eigenvalue weighted by Crippen LogP contribution is 2.44. The van der Waals surface area contributed by atoms with E-state index in [-0.39, 0.29) is 56.1 Å². The zero-order valence-corrected chi connectivity index (χ0v) is 19.4. The van der Waals surface area contributed by atoms with E-state index in [1.165, 1.54) is 11.1 Å². The lowest BCUT2D eigenvalue weighted by atomic mass is 9.98. The molecule has 2 aliphatic carbocycles. The maximum absolute atomic E-state index is 12.7. The summed E-state index contributed by atoms with van der Waals surface area (Å²) < 4.78 is 11.1. The van der Waals surface area contributed by atoms with Gasteiger partial charge in [-0.15, -0.1) is 0 Å². The average molecular weight is 479 g/mol. The number of carbonyl (C=O) groups is 3. The molecular weight excluding hydrogens is 448 g/mol. The number of nitrogens with one attached hydrogen (secondary N) is 2. The highest BCUT2D eigenvalue weighted by molar-refractivity contribution is 5.79. The molecule has 35 heavy (non-hydrogen) atoms. The first-order chi connectivity index (χ1) is 17.0. The van der Waals surface area contributed by atoms with Crippen LogP contribution in [0.3, 0.4) is 0 Å². The minimum atomic E-state index is -0.875. The largest absolute Gasteiger partial charge is 0.481 e. The van der Waals surface area contributed by atoms with Gasteiger partial charge in [0.1, 0.15) is 6.61 Å². The number of hydrogen-bond donors (Lipinski definition) is 3. The first-order valence-electron chi connectivity index (χ1n) is 12.2. The number of alkyl carbamates (subject to hydrolysis) is 1. The van der Waals surface area contributed by atoms with Gasteiger partial charge in [0.25, 0.3) is 0 Å². The molecule has 0 spiro atoms. The summed E-state index contributed by atoms with van der Waals surface area (Å²) in [5.74, 6) is -1.34. The fourth-order valence-electron chi connectivity index (χ4n) is 5.15. The molecule has 3 atom stereocenters. The van der Waals surface area contributed by atoms with Crippen LogP contribution < -0.4 is 10.6 Å². The fourth-order valence-corrected chi connectivity index (χ4v) is 5.15. The SMILES string of the molecule is O=C(CC(NC(=O)OCC1c2ccccc2-c2ccccc21)C1CC1)NC[C@H]1C[C@@H](C(=O)O)CO1. The molecule has 2 aromatic carbocycles. The Hall–Kier alpha value is -3.39. The zero-order valence-electron chi connectivity index (χ0n) is 19.4. The first kappa shape index (κ1) is 23.4. The molecule has 1 heterocycles. The number of ether oxygens (including phenoxy) is 2. The number of hydrogen-bond acceptors (Lipinski definition) is 5. The normalized spacial score (nSPS) is 21.6. The van der Waals surface area contributed by atoms with E-state index in [4.69, 9.17) is 14.6 Å². The Morgan fingerprint density at radius 3 is 2.29 bits per heavy atom. The number of carboxylic acid groups (broad SMARTS) is 1. The van der Waals surface area contributed by atoms with Crippen molar-refractivity contribution >= 4 is 18.0 Å². The van der Waals surface area contributed by atoms with Crippen LogP contribution in [-0.4, -0.2) is 55.0 Å². The van der Waals surface area contributed by atoms with E-state index in [0.29, 0.717) is 6.42 Å². The molecule has 0 bridgehead atoms. The maximum atomic E-state index is 12.7. The summed E-state index contributed by atoms with van der Waals surface area (Å²) in [5.41, 5.74) is 4.65. The van der Waals surface area contributed by atoms with Crippen molar-refractivity contribution in [2.24, 2.45) is 11.8 Å². The van der Waals surface area contributed by atoms with Crippen LogP contribution in [0.5, 0.6) is 0 Å². The number of carbonyl (C=O) groups excluding carboxylic acids is 2. The van der Waals surface area contributed by atoms with Gasteiger partial charge in [-0.05, 0) is 47.4 Å². The Morgan fingerprint density at radius 1 is 1.03 bits per heavy atom. The van der Waals surface area contributed by atoms with Gasteiger partial charge < -0.3 is 25.2 Å². The Labute approximate surface area is 204 Å². The van der Waals surface area contributed by atoms with E-state index in [1.807, 2.05) is 24.3 Å². The first-order valence-corrected chi connectivity index (χ1v) is 12.2. The smallest absolute Gasteiger partial charge is 0.407 e. The highest BCUT2D eigenvalue weighted by atomic mass is 16.5. The summed E-state index contributed by atoms with van der Waals surface area (Å²) in [4.78, 5) is 36.2. The van der Waals surface area contributed by atoms with Crippen molar-refractivity contribution in [2.45, 2.75) is 43.7 Å². The number of fused-ring (bicyclic) bond motifs is 3. The van der Waals surface area contributed by atoms with Crippen molar-refractivity contribution in [2.75, 3.05) is 19.8 Å². The van der Waals surface area contributed by atoms with E-state index in [0.717, 1.165) is 24.0 Å². The van der Waals surface area contributed by atoms with Gasteiger partial charge in [0.2, 0.25) is 5.91 Å². The molecule has 1 saturated heterocycles. The molecule has 1 unspecified atom stereocenters. The quantitative estimate of drug-likeness (QED) is 0.510. The van der Waals surface area contributed by atoms with Gasteiger partial charge in [-0.25, -0.2) is 4.79 Å². The summed E-state index contributed by atoms with van der Waals surface area (Å²) in [5, 5.41) is 14.8. The molecule has 3 aliphatic rings. The molecule has 2 aromatic rings. The van der Waals surface area contributed by atoms with Gasteiger partial charge in [0.05, 0.1) is 18.6 Å². The number of aliphatic carboxylic acids is 1. The van der Waals surface area contributed by atoms with Crippen LogP contribution in [0.1, 0.15) is 42.7 Å². The molecule has 2 amide bonds. The average Bonchev–Trinajstić information content (AvgIpc) is 3.51. The summed E-state index contributed by atoms with van der Waals surface area (Å²) >= 11 is 0. The predicted molar refractivity (Wildman–Crippen MR) is 128 cm³/mol.